The van der Waals surface area contributed by atoms with E-state index >= 15 is 0 Å². The first-order valence-corrected chi connectivity index (χ1v) is 6.21. The summed E-state index contributed by atoms with van der Waals surface area (Å²) < 4.78 is 14.9. The van der Waals surface area contributed by atoms with Crippen molar-refractivity contribution in [1.29, 1.82) is 0 Å². The zero-order valence-electron chi connectivity index (χ0n) is 10.9. The Labute approximate surface area is 116 Å². The van der Waals surface area contributed by atoms with E-state index in [2.05, 4.69) is 5.10 Å². The first-order chi connectivity index (χ1) is 8.82. The molecule has 1 aromatic carbocycles. The summed E-state index contributed by atoms with van der Waals surface area (Å²) in [5.41, 5.74) is 1.45. The maximum atomic E-state index is 13.4. The van der Waals surface area contributed by atoms with Crippen LogP contribution in [0, 0.1) is 5.82 Å². The van der Waals surface area contributed by atoms with Crippen molar-refractivity contribution in [3.05, 3.63) is 46.5 Å². The van der Waals surface area contributed by atoms with Crippen molar-refractivity contribution in [2.75, 3.05) is 0 Å². The molecule has 0 aliphatic carbocycles. The summed E-state index contributed by atoms with van der Waals surface area (Å²) in [5.74, 6) is -0.514. The molecular formula is C14H14ClFN2O. The minimum atomic E-state index is -0.514. The third-order valence-electron chi connectivity index (χ3n) is 2.75. The highest BCUT2D eigenvalue weighted by molar-refractivity contribution is 6.30. The molecule has 0 bridgehead atoms. The fourth-order valence-corrected chi connectivity index (χ4v) is 1.93. The molecule has 2 aromatic rings. The second kappa shape index (κ2) is 4.78. The van der Waals surface area contributed by atoms with Crippen molar-refractivity contribution in [3.8, 4) is 5.69 Å². The monoisotopic (exact) mass is 280 g/mol. The average molecular weight is 281 g/mol. The van der Waals surface area contributed by atoms with Gasteiger partial charge in [-0.1, -0.05) is 32.4 Å². The first-order valence-electron chi connectivity index (χ1n) is 5.83. The number of halogens is 2. The molecule has 1 aromatic heterocycles. The Bertz CT molecular complexity index is 629. The van der Waals surface area contributed by atoms with Gasteiger partial charge >= 0.3 is 0 Å². The molecule has 0 N–H and O–H groups in total. The van der Waals surface area contributed by atoms with E-state index in [4.69, 9.17) is 11.6 Å². The van der Waals surface area contributed by atoms with Crippen molar-refractivity contribution < 1.29 is 9.18 Å². The molecule has 0 amide bonds. The normalized spacial score (nSPS) is 11.6. The second-order valence-electron chi connectivity index (χ2n) is 5.34. The molecule has 19 heavy (non-hydrogen) atoms. The molecule has 0 atom stereocenters. The van der Waals surface area contributed by atoms with Gasteiger partial charge < -0.3 is 0 Å². The lowest BCUT2D eigenvalue weighted by Gasteiger charge is -2.15. The summed E-state index contributed by atoms with van der Waals surface area (Å²) in [4.78, 5) is 11.1. The maximum Gasteiger partial charge on any atom is 0.153 e. The molecule has 0 saturated heterocycles. The molecule has 0 aliphatic heterocycles. The number of benzene rings is 1. The van der Waals surface area contributed by atoms with E-state index in [1.165, 1.54) is 16.8 Å². The van der Waals surface area contributed by atoms with Gasteiger partial charge in [-0.05, 0) is 12.1 Å². The smallest absolute Gasteiger partial charge is 0.153 e. The van der Waals surface area contributed by atoms with Crippen LogP contribution in [0.1, 0.15) is 36.8 Å². The SMILES string of the molecule is CC(C)(C)c1nn(-c2ccc(Cl)c(F)c2)cc1C=O. The Morgan fingerprint density at radius 2 is 2.05 bits per heavy atom. The lowest BCUT2D eigenvalue weighted by atomic mass is 9.90. The maximum absolute atomic E-state index is 13.4. The van der Waals surface area contributed by atoms with E-state index < -0.39 is 5.82 Å². The van der Waals surface area contributed by atoms with E-state index in [-0.39, 0.29) is 10.4 Å². The molecular weight excluding hydrogens is 267 g/mol. The Morgan fingerprint density at radius 1 is 1.37 bits per heavy atom. The van der Waals surface area contributed by atoms with Crippen molar-refractivity contribution in [2.45, 2.75) is 26.2 Å². The Kier molecular flexibility index (Phi) is 3.45. The zero-order chi connectivity index (χ0) is 14.2. The van der Waals surface area contributed by atoms with Gasteiger partial charge in [0.05, 0.1) is 22.0 Å². The largest absolute Gasteiger partial charge is 0.298 e. The zero-order valence-corrected chi connectivity index (χ0v) is 11.7. The van der Waals surface area contributed by atoms with Crippen molar-refractivity contribution in [2.24, 2.45) is 0 Å². The van der Waals surface area contributed by atoms with Crippen LogP contribution in [0.25, 0.3) is 5.69 Å². The fourth-order valence-electron chi connectivity index (χ4n) is 1.82. The molecule has 100 valence electrons. The quantitative estimate of drug-likeness (QED) is 0.785. The number of rotatable bonds is 2. The van der Waals surface area contributed by atoms with Crippen LogP contribution < -0.4 is 0 Å². The molecule has 0 aliphatic rings. The summed E-state index contributed by atoms with van der Waals surface area (Å²) in [6.45, 7) is 5.90. The van der Waals surface area contributed by atoms with E-state index in [0.29, 0.717) is 16.9 Å². The highest BCUT2D eigenvalue weighted by Gasteiger charge is 2.22. The number of hydrogen-bond donors (Lipinski definition) is 0. The number of aldehydes is 1. The van der Waals surface area contributed by atoms with Gasteiger partial charge in [-0.3, -0.25) is 4.79 Å². The molecule has 5 heteroatoms. The number of hydrogen-bond acceptors (Lipinski definition) is 2. The number of carbonyl (C=O) groups is 1. The van der Waals surface area contributed by atoms with Crippen molar-refractivity contribution >= 4 is 17.9 Å². The number of aromatic nitrogens is 2. The van der Waals surface area contributed by atoms with Gasteiger partial charge in [-0.25, -0.2) is 9.07 Å². The molecule has 0 unspecified atom stereocenters. The first kappa shape index (κ1) is 13.7. The topological polar surface area (TPSA) is 34.9 Å². The van der Waals surface area contributed by atoms with Crippen LogP contribution in [0.5, 0.6) is 0 Å². The molecule has 3 nitrogen and oxygen atoms in total. The van der Waals surface area contributed by atoms with E-state index in [1.807, 2.05) is 20.8 Å². The van der Waals surface area contributed by atoms with E-state index in [9.17, 15) is 9.18 Å². The third-order valence-corrected chi connectivity index (χ3v) is 3.05. The lowest BCUT2D eigenvalue weighted by Crippen LogP contribution is -2.14. The van der Waals surface area contributed by atoms with Crippen LogP contribution in [0.3, 0.4) is 0 Å². The van der Waals surface area contributed by atoms with E-state index in [0.717, 1.165) is 6.29 Å². The van der Waals surface area contributed by atoms with Gasteiger partial charge in [0.2, 0.25) is 0 Å². The Hall–Kier alpha value is -1.68. The summed E-state index contributed by atoms with van der Waals surface area (Å²) in [6, 6.07) is 4.40. The highest BCUT2D eigenvalue weighted by Crippen LogP contribution is 2.25. The van der Waals surface area contributed by atoms with Gasteiger partial charge in [0.25, 0.3) is 0 Å². The van der Waals surface area contributed by atoms with Crippen LogP contribution in [0.15, 0.2) is 24.4 Å². The summed E-state index contributed by atoms with van der Waals surface area (Å²) in [7, 11) is 0. The van der Waals surface area contributed by atoms with Gasteiger partial charge in [-0.15, -0.1) is 0 Å². The molecule has 2 rings (SSSR count). The molecule has 0 spiro atoms. The van der Waals surface area contributed by atoms with Gasteiger partial charge in [0.15, 0.2) is 6.29 Å². The average Bonchev–Trinajstić information content (AvgIpc) is 2.76. The Balaban J connectivity index is 2.54. The highest BCUT2D eigenvalue weighted by atomic mass is 35.5. The standard InChI is InChI=1S/C14H14ClFN2O/c1-14(2,3)13-9(8-19)7-18(17-13)10-4-5-11(15)12(16)6-10/h4-8H,1-3H3. The predicted octanol–water partition coefficient (Wildman–Crippen LogP) is 3.77. The van der Waals surface area contributed by atoms with Gasteiger partial charge in [0.1, 0.15) is 5.82 Å². The van der Waals surface area contributed by atoms with Gasteiger partial charge in [0, 0.05) is 17.7 Å². The summed E-state index contributed by atoms with van der Waals surface area (Å²) in [5, 5.41) is 4.43. The van der Waals surface area contributed by atoms with Crippen LogP contribution in [-0.2, 0) is 5.41 Å². The van der Waals surface area contributed by atoms with Crippen LogP contribution in [0.4, 0.5) is 4.39 Å². The second-order valence-corrected chi connectivity index (χ2v) is 5.75. The van der Waals surface area contributed by atoms with Gasteiger partial charge in [-0.2, -0.15) is 5.10 Å². The minimum Gasteiger partial charge on any atom is -0.298 e. The summed E-state index contributed by atoms with van der Waals surface area (Å²) >= 11 is 5.64. The minimum absolute atomic E-state index is 0.0579. The molecule has 0 fully saturated rings. The predicted molar refractivity (Wildman–Crippen MR) is 72.6 cm³/mol. The fraction of sp³-hybridized carbons (Fsp3) is 0.286. The van der Waals surface area contributed by atoms with Crippen molar-refractivity contribution in [1.82, 2.24) is 9.78 Å². The van der Waals surface area contributed by atoms with Crippen molar-refractivity contribution in [3.63, 3.8) is 0 Å². The lowest BCUT2D eigenvalue weighted by molar-refractivity contribution is 0.112. The third kappa shape index (κ3) is 2.68. The number of carbonyl (C=O) groups excluding carboxylic acids is 1. The molecule has 0 radical (unpaired) electrons. The van der Waals surface area contributed by atoms with Crippen LogP contribution >= 0.6 is 11.6 Å². The summed E-state index contributed by atoms with van der Waals surface area (Å²) in [6.07, 6.45) is 2.35. The van der Waals surface area contributed by atoms with E-state index in [1.54, 1.807) is 12.3 Å². The molecule has 1 heterocycles. The van der Waals surface area contributed by atoms with Crippen LogP contribution in [-0.4, -0.2) is 16.1 Å². The molecule has 0 saturated carbocycles. The van der Waals surface area contributed by atoms with Crippen LogP contribution in [0.2, 0.25) is 5.02 Å². The number of nitrogens with zero attached hydrogens (tertiary/aromatic N) is 2. The Morgan fingerprint density at radius 3 is 2.53 bits per heavy atom.